The van der Waals surface area contributed by atoms with Crippen molar-refractivity contribution in [2.24, 2.45) is 17.8 Å². The van der Waals surface area contributed by atoms with Crippen molar-refractivity contribution in [1.82, 2.24) is 0 Å². The van der Waals surface area contributed by atoms with Gasteiger partial charge >= 0.3 is 0 Å². The van der Waals surface area contributed by atoms with Crippen molar-refractivity contribution < 1.29 is 0 Å². The van der Waals surface area contributed by atoms with Gasteiger partial charge in [-0.3, -0.25) is 0 Å². The Kier molecular flexibility index (Phi) is 5.63. The summed E-state index contributed by atoms with van der Waals surface area (Å²) >= 11 is 6.02. The van der Waals surface area contributed by atoms with E-state index in [4.69, 9.17) is 11.6 Å². The van der Waals surface area contributed by atoms with Crippen LogP contribution in [0.25, 0.3) is 0 Å². The van der Waals surface area contributed by atoms with E-state index < -0.39 is 0 Å². The highest BCUT2D eigenvalue weighted by atomic mass is 35.5. The lowest BCUT2D eigenvalue weighted by Gasteiger charge is -2.41. The van der Waals surface area contributed by atoms with Crippen LogP contribution in [0.5, 0.6) is 0 Å². The topological polar surface area (TPSA) is 0 Å². The third-order valence-corrected chi connectivity index (χ3v) is 6.11. The van der Waals surface area contributed by atoms with Crippen LogP contribution in [0.3, 0.4) is 0 Å². The van der Waals surface area contributed by atoms with Crippen molar-refractivity contribution in [2.45, 2.75) is 64.2 Å². The van der Waals surface area contributed by atoms with Crippen molar-refractivity contribution in [3.05, 3.63) is 47.0 Å². The molecule has 2 saturated carbocycles. The molecule has 0 radical (unpaired) electrons. The first-order chi connectivity index (χ1) is 10.8. The molecule has 0 nitrogen and oxygen atoms in total. The minimum absolute atomic E-state index is 0.769. The molecule has 2 fully saturated rings. The molecule has 1 aromatic carbocycles. The second kappa shape index (κ2) is 7.68. The SMILES string of the molecule is CCCC=C[C@@H]1CC[C@@H]2CC(c3ccc(Cl)cc3)CC[C@@H]2C1. The number of benzene rings is 1. The highest BCUT2D eigenvalue weighted by molar-refractivity contribution is 6.30. The van der Waals surface area contributed by atoms with Gasteiger partial charge in [-0.2, -0.15) is 0 Å². The van der Waals surface area contributed by atoms with Gasteiger partial charge in [-0.25, -0.2) is 0 Å². The number of allylic oxidation sites excluding steroid dienone is 2. The summed E-state index contributed by atoms with van der Waals surface area (Å²) in [6.45, 7) is 2.26. The van der Waals surface area contributed by atoms with Crippen LogP contribution >= 0.6 is 11.6 Å². The summed E-state index contributed by atoms with van der Waals surface area (Å²) in [6, 6.07) is 8.59. The Morgan fingerprint density at radius 1 is 1.00 bits per heavy atom. The molecular weight excluding hydrogens is 288 g/mol. The van der Waals surface area contributed by atoms with Crippen LogP contribution in [-0.2, 0) is 0 Å². The Hall–Kier alpha value is -0.750. The molecule has 1 unspecified atom stereocenters. The van der Waals surface area contributed by atoms with Gasteiger partial charge in [0.2, 0.25) is 0 Å². The van der Waals surface area contributed by atoms with Crippen LogP contribution in [-0.4, -0.2) is 0 Å². The van der Waals surface area contributed by atoms with Gasteiger partial charge in [0.15, 0.2) is 0 Å². The average molecular weight is 317 g/mol. The van der Waals surface area contributed by atoms with Crippen LogP contribution in [0, 0.1) is 17.8 Å². The Balaban J connectivity index is 1.56. The number of fused-ring (bicyclic) bond motifs is 1. The number of unbranched alkanes of at least 4 members (excludes halogenated alkanes) is 1. The van der Waals surface area contributed by atoms with E-state index in [0.717, 1.165) is 28.7 Å². The summed E-state index contributed by atoms with van der Waals surface area (Å²) in [4.78, 5) is 0. The molecule has 120 valence electrons. The summed E-state index contributed by atoms with van der Waals surface area (Å²) < 4.78 is 0. The molecule has 1 heteroatoms. The molecule has 1 aromatic rings. The van der Waals surface area contributed by atoms with E-state index in [1.807, 2.05) is 0 Å². The Morgan fingerprint density at radius 3 is 2.50 bits per heavy atom. The quantitative estimate of drug-likeness (QED) is 0.525. The molecule has 0 spiro atoms. The van der Waals surface area contributed by atoms with E-state index in [9.17, 15) is 0 Å². The summed E-state index contributed by atoms with van der Waals surface area (Å²) in [6.07, 6.45) is 16.0. The van der Waals surface area contributed by atoms with Gasteiger partial charge in [-0.15, -0.1) is 0 Å². The van der Waals surface area contributed by atoms with E-state index in [-0.39, 0.29) is 0 Å². The second-order valence-electron chi connectivity index (χ2n) is 7.37. The second-order valence-corrected chi connectivity index (χ2v) is 7.81. The molecule has 0 saturated heterocycles. The zero-order valence-electron chi connectivity index (χ0n) is 13.8. The third-order valence-electron chi connectivity index (χ3n) is 5.86. The zero-order valence-corrected chi connectivity index (χ0v) is 14.6. The maximum atomic E-state index is 6.02. The molecular formula is C21H29Cl. The molecule has 0 aliphatic heterocycles. The summed E-state index contributed by atoms with van der Waals surface area (Å²) in [5, 5.41) is 0.858. The van der Waals surface area contributed by atoms with Crippen LogP contribution < -0.4 is 0 Å². The number of hydrogen-bond acceptors (Lipinski definition) is 0. The van der Waals surface area contributed by atoms with E-state index in [0.29, 0.717) is 0 Å². The first-order valence-electron chi connectivity index (χ1n) is 9.18. The molecule has 4 atom stereocenters. The number of hydrogen-bond donors (Lipinski definition) is 0. The van der Waals surface area contributed by atoms with E-state index in [1.165, 1.54) is 56.9 Å². The Morgan fingerprint density at radius 2 is 1.73 bits per heavy atom. The van der Waals surface area contributed by atoms with Gasteiger partial charge in [0.1, 0.15) is 0 Å². The van der Waals surface area contributed by atoms with E-state index in [2.05, 4.69) is 43.3 Å². The van der Waals surface area contributed by atoms with Crippen molar-refractivity contribution in [1.29, 1.82) is 0 Å². The van der Waals surface area contributed by atoms with Crippen LogP contribution in [0.1, 0.15) is 69.8 Å². The molecule has 2 aliphatic rings. The first-order valence-corrected chi connectivity index (χ1v) is 9.56. The number of halogens is 1. The standard InChI is InChI=1S/C21H29Cl/c1-2-3-4-5-16-6-7-20-15-19(9-8-18(20)14-16)17-10-12-21(22)13-11-17/h4-5,10-13,16,18-20H,2-3,6-9,14-15H2,1H3/t16-,18-,19?,20-/m1/s1. The van der Waals surface area contributed by atoms with Crippen LogP contribution in [0.4, 0.5) is 0 Å². The van der Waals surface area contributed by atoms with Crippen molar-refractivity contribution in [3.8, 4) is 0 Å². The lowest BCUT2D eigenvalue weighted by molar-refractivity contribution is 0.133. The van der Waals surface area contributed by atoms with Gasteiger partial charge in [-0.1, -0.05) is 49.2 Å². The van der Waals surface area contributed by atoms with Crippen molar-refractivity contribution in [2.75, 3.05) is 0 Å². The monoisotopic (exact) mass is 316 g/mol. The van der Waals surface area contributed by atoms with Gasteiger partial charge < -0.3 is 0 Å². The Bertz CT molecular complexity index is 487. The minimum Gasteiger partial charge on any atom is -0.0883 e. The maximum absolute atomic E-state index is 6.02. The fourth-order valence-corrected chi connectivity index (χ4v) is 4.72. The molecule has 0 bridgehead atoms. The molecule has 0 amide bonds. The molecule has 22 heavy (non-hydrogen) atoms. The number of rotatable bonds is 4. The lowest BCUT2D eigenvalue weighted by atomic mass is 9.64. The van der Waals surface area contributed by atoms with Gasteiger partial charge in [0.25, 0.3) is 0 Å². The summed E-state index contributed by atoms with van der Waals surface area (Å²) in [7, 11) is 0. The van der Waals surface area contributed by atoms with Crippen molar-refractivity contribution in [3.63, 3.8) is 0 Å². The Labute approximate surface area is 141 Å². The molecule has 0 N–H and O–H groups in total. The predicted molar refractivity (Wildman–Crippen MR) is 96.4 cm³/mol. The molecule has 2 aliphatic carbocycles. The molecule has 3 rings (SSSR count). The molecule has 0 heterocycles. The first kappa shape index (κ1) is 16.1. The fourth-order valence-electron chi connectivity index (χ4n) is 4.59. The van der Waals surface area contributed by atoms with Crippen LogP contribution in [0.2, 0.25) is 5.02 Å². The van der Waals surface area contributed by atoms with Crippen LogP contribution in [0.15, 0.2) is 36.4 Å². The smallest absolute Gasteiger partial charge is 0.0406 e. The third kappa shape index (κ3) is 3.96. The highest BCUT2D eigenvalue weighted by Gasteiger charge is 2.35. The summed E-state index contributed by atoms with van der Waals surface area (Å²) in [5.74, 6) is 3.57. The fraction of sp³-hybridized carbons (Fsp3) is 0.619. The van der Waals surface area contributed by atoms with Gasteiger partial charge in [-0.05, 0) is 86.3 Å². The zero-order chi connectivity index (χ0) is 15.4. The molecule has 0 aromatic heterocycles. The highest BCUT2D eigenvalue weighted by Crippen LogP contribution is 2.47. The normalized spacial score (nSPS) is 32.1. The maximum Gasteiger partial charge on any atom is 0.0406 e. The van der Waals surface area contributed by atoms with Gasteiger partial charge in [0.05, 0.1) is 0 Å². The van der Waals surface area contributed by atoms with E-state index in [1.54, 1.807) is 0 Å². The van der Waals surface area contributed by atoms with E-state index >= 15 is 0 Å². The largest absolute Gasteiger partial charge is 0.0883 e. The average Bonchev–Trinajstić information content (AvgIpc) is 2.55. The predicted octanol–water partition coefficient (Wildman–Crippen LogP) is 7.00. The van der Waals surface area contributed by atoms with Crippen molar-refractivity contribution >= 4 is 11.6 Å². The summed E-state index contributed by atoms with van der Waals surface area (Å²) in [5.41, 5.74) is 1.51. The van der Waals surface area contributed by atoms with Gasteiger partial charge in [0, 0.05) is 5.02 Å². The minimum atomic E-state index is 0.769. The lowest BCUT2D eigenvalue weighted by Crippen LogP contribution is -2.30.